The van der Waals surface area contributed by atoms with Crippen molar-refractivity contribution in [3.8, 4) is 5.75 Å². The van der Waals surface area contributed by atoms with E-state index in [1.54, 1.807) is 36.4 Å². The molecule has 2 aromatic carbocycles. The van der Waals surface area contributed by atoms with Gasteiger partial charge in [0.15, 0.2) is 0 Å². The van der Waals surface area contributed by atoms with E-state index in [0.29, 0.717) is 42.6 Å². The van der Waals surface area contributed by atoms with Crippen molar-refractivity contribution in [1.82, 2.24) is 4.90 Å². The molecule has 2 amide bonds. The van der Waals surface area contributed by atoms with Gasteiger partial charge in [0.2, 0.25) is 0 Å². The van der Waals surface area contributed by atoms with Gasteiger partial charge in [-0.05, 0) is 50.2 Å². The lowest BCUT2D eigenvalue weighted by Crippen LogP contribution is -2.39. The number of carbonyl (C=O) groups excluding carboxylic acids is 1. The Morgan fingerprint density at radius 3 is 2.44 bits per heavy atom. The van der Waals surface area contributed by atoms with Gasteiger partial charge in [0.1, 0.15) is 11.4 Å². The van der Waals surface area contributed by atoms with Crippen LogP contribution in [0, 0.1) is 10.1 Å². The van der Waals surface area contributed by atoms with Crippen LogP contribution in [-0.4, -0.2) is 61.4 Å². The largest absolute Gasteiger partial charge is 0.491 e. The van der Waals surface area contributed by atoms with Gasteiger partial charge in [-0.3, -0.25) is 15.0 Å². The summed E-state index contributed by atoms with van der Waals surface area (Å²) in [7, 11) is 0. The molecule has 172 valence electrons. The molecule has 3 N–H and O–H groups in total. The number of nitrogens with one attached hydrogen (secondary N) is 3. The lowest BCUT2D eigenvalue weighted by atomic mass is 10.2. The van der Waals surface area contributed by atoms with Crippen molar-refractivity contribution in [2.45, 2.75) is 20.0 Å². The standard InChI is InChI=1S/C22H29N5O5/c1-16(2)32-19-6-3-17(4-7-19)24-22(28)25-18-5-8-20(21(15-18)27(29)30)23-9-10-26-11-13-31-14-12-26/h3-8,15-16,23H,9-14H2,1-2H3,(H2,24,25,28). The number of carbonyl (C=O) groups is 1. The fraction of sp³-hybridized carbons (Fsp3) is 0.409. The van der Waals surface area contributed by atoms with E-state index in [0.717, 1.165) is 19.6 Å². The van der Waals surface area contributed by atoms with E-state index < -0.39 is 11.0 Å². The van der Waals surface area contributed by atoms with Crippen LogP contribution in [0.25, 0.3) is 0 Å². The van der Waals surface area contributed by atoms with Crippen molar-refractivity contribution in [3.05, 3.63) is 52.6 Å². The zero-order valence-corrected chi connectivity index (χ0v) is 18.3. The van der Waals surface area contributed by atoms with Crippen LogP contribution in [0.5, 0.6) is 5.75 Å². The average Bonchev–Trinajstić information content (AvgIpc) is 2.76. The topological polar surface area (TPSA) is 118 Å². The molecule has 0 atom stereocenters. The molecule has 1 heterocycles. The number of benzene rings is 2. The molecular formula is C22H29N5O5. The highest BCUT2D eigenvalue weighted by Gasteiger charge is 2.16. The molecule has 1 aliphatic rings. The van der Waals surface area contributed by atoms with Gasteiger partial charge >= 0.3 is 6.03 Å². The Bertz CT molecular complexity index is 913. The number of anilines is 3. The number of urea groups is 1. The molecule has 1 aliphatic heterocycles. The van der Waals surface area contributed by atoms with Crippen LogP contribution in [0.1, 0.15) is 13.8 Å². The molecule has 10 heteroatoms. The van der Waals surface area contributed by atoms with E-state index in [1.807, 2.05) is 13.8 Å². The number of hydrogen-bond acceptors (Lipinski definition) is 7. The van der Waals surface area contributed by atoms with Crippen molar-refractivity contribution < 1.29 is 19.2 Å². The fourth-order valence-electron chi connectivity index (χ4n) is 3.27. The number of amides is 2. The molecule has 0 spiro atoms. The van der Waals surface area contributed by atoms with Crippen molar-refractivity contribution >= 4 is 28.8 Å². The van der Waals surface area contributed by atoms with Crippen LogP contribution in [0.3, 0.4) is 0 Å². The molecule has 3 rings (SSSR count). The number of nitrogens with zero attached hydrogens (tertiary/aromatic N) is 2. The molecule has 1 saturated heterocycles. The van der Waals surface area contributed by atoms with Crippen molar-refractivity contribution in [2.75, 3.05) is 55.3 Å². The molecule has 1 fully saturated rings. The summed E-state index contributed by atoms with van der Waals surface area (Å²) in [6.07, 6.45) is 0.0599. The highest BCUT2D eigenvalue weighted by molar-refractivity contribution is 6.00. The van der Waals surface area contributed by atoms with E-state index >= 15 is 0 Å². The highest BCUT2D eigenvalue weighted by Crippen LogP contribution is 2.28. The maximum atomic E-state index is 12.3. The lowest BCUT2D eigenvalue weighted by molar-refractivity contribution is -0.383. The number of rotatable bonds is 9. The normalized spacial score (nSPS) is 14.1. The molecule has 32 heavy (non-hydrogen) atoms. The summed E-state index contributed by atoms with van der Waals surface area (Å²) in [5.74, 6) is 0.707. The predicted molar refractivity (Wildman–Crippen MR) is 124 cm³/mol. The van der Waals surface area contributed by atoms with Crippen molar-refractivity contribution in [2.24, 2.45) is 0 Å². The van der Waals surface area contributed by atoms with Crippen LogP contribution in [-0.2, 0) is 4.74 Å². The smallest absolute Gasteiger partial charge is 0.323 e. The molecule has 0 radical (unpaired) electrons. The minimum atomic E-state index is -0.496. The van der Waals surface area contributed by atoms with Crippen LogP contribution in [0.15, 0.2) is 42.5 Å². The summed E-state index contributed by atoms with van der Waals surface area (Å²) in [6, 6.07) is 11.0. The van der Waals surface area contributed by atoms with Gasteiger partial charge in [-0.2, -0.15) is 0 Å². The maximum Gasteiger partial charge on any atom is 0.323 e. The first kappa shape index (κ1) is 23.3. The Morgan fingerprint density at radius 1 is 1.12 bits per heavy atom. The second-order valence-corrected chi connectivity index (χ2v) is 7.64. The van der Waals surface area contributed by atoms with E-state index in [4.69, 9.17) is 9.47 Å². The monoisotopic (exact) mass is 443 g/mol. The van der Waals surface area contributed by atoms with Gasteiger partial charge in [0, 0.05) is 43.6 Å². The second-order valence-electron chi connectivity index (χ2n) is 7.64. The average molecular weight is 444 g/mol. The van der Waals surface area contributed by atoms with Crippen LogP contribution in [0.2, 0.25) is 0 Å². The molecule has 0 aliphatic carbocycles. The van der Waals surface area contributed by atoms with Gasteiger partial charge in [-0.1, -0.05) is 0 Å². The van der Waals surface area contributed by atoms with E-state index in [-0.39, 0.29) is 11.8 Å². The van der Waals surface area contributed by atoms with Crippen LogP contribution in [0.4, 0.5) is 27.5 Å². The first-order valence-corrected chi connectivity index (χ1v) is 10.6. The number of ether oxygens (including phenoxy) is 2. The minimum absolute atomic E-state index is 0.0599. The van der Waals surface area contributed by atoms with E-state index in [9.17, 15) is 14.9 Å². The SMILES string of the molecule is CC(C)Oc1ccc(NC(=O)Nc2ccc(NCCN3CCOCC3)c([N+](=O)[O-])c2)cc1. The van der Waals surface area contributed by atoms with Crippen LogP contribution >= 0.6 is 0 Å². The lowest BCUT2D eigenvalue weighted by Gasteiger charge is -2.26. The quantitative estimate of drug-likeness (QED) is 0.399. The summed E-state index contributed by atoms with van der Waals surface area (Å²) in [5.41, 5.74) is 1.22. The third kappa shape index (κ3) is 7.10. The van der Waals surface area contributed by atoms with Gasteiger partial charge in [-0.25, -0.2) is 4.79 Å². The first-order valence-electron chi connectivity index (χ1n) is 10.6. The summed E-state index contributed by atoms with van der Waals surface area (Å²) in [6.45, 7) is 8.34. The summed E-state index contributed by atoms with van der Waals surface area (Å²) in [4.78, 5) is 25.6. The van der Waals surface area contributed by atoms with Crippen LogP contribution < -0.4 is 20.7 Å². The Labute approximate surface area is 187 Å². The Kier molecular flexibility index (Phi) is 8.23. The number of morpholine rings is 1. The summed E-state index contributed by atoms with van der Waals surface area (Å²) < 4.78 is 10.9. The molecule has 2 aromatic rings. The zero-order valence-electron chi connectivity index (χ0n) is 18.3. The predicted octanol–water partition coefficient (Wildman–Crippen LogP) is 3.77. The highest BCUT2D eigenvalue weighted by atomic mass is 16.6. The van der Waals surface area contributed by atoms with E-state index in [1.165, 1.54) is 6.07 Å². The van der Waals surface area contributed by atoms with Gasteiger partial charge in [0.25, 0.3) is 5.69 Å². The molecule has 0 unspecified atom stereocenters. The summed E-state index contributed by atoms with van der Waals surface area (Å²) in [5, 5.41) is 20.0. The molecule has 0 saturated carbocycles. The fourth-order valence-corrected chi connectivity index (χ4v) is 3.27. The van der Waals surface area contributed by atoms with Gasteiger partial charge < -0.3 is 25.4 Å². The molecular weight excluding hydrogens is 414 g/mol. The second kappa shape index (κ2) is 11.3. The number of nitro groups is 1. The number of hydrogen-bond donors (Lipinski definition) is 3. The zero-order chi connectivity index (χ0) is 22.9. The molecule has 10 nitrogen and oxygen atoms in total. The van der Waals surface area contributed by atoms with Crippen molar-refractivity contribution in [3.63, 3.8) is 0 Å². The Hall–Kier alpha value is -3.37. The minimum Gasteiger partial charge on any atom is -0.491 e. The number of nitro benzene ring substituents is 1. The molecule has 0 aromatic heterocycles. The first-order chi connectivity index (χ1) is 15.4. The van der Waals surface area contributed by atoms with Crippen molar-refractivity contribution in [1.29, 1.82) is 0 Å². The Morgan fingerprint density at radius 2 is 1.78 bits per heavy atom. The van der Waals surface area contributed by atoms with Gasteiger partial charge in [0.05, 0.1) is 24.2 Å². The third-order valence-corrected chi connectivity index (χ3v) is 4.78. The maximum absolute atomic E-state index is 12.3. The third-order valence-electron chi connectivity index (χ3n) is 4.78. The van der Waals surface area contributed by atoms with E-state index in [2.05, 4.69) is 20.9 Å². The molecule has 0 bridgehead atoms. The van der Waals surface area contributed by atoms with Gasteiger partial charge in [-0.15, -0.1) is 0 Å². The summed E-state index contributed by atoms with van der Waals surface area (Å²) >= 11 is 0. The Balaban J connectivity index is 1.55.